The van der Waals surface area contributed by atoms with Gasteiger partial charge in [0.2, 0.25) is 0 Å². The number of imidazole rings is 1. The molecule has 0 saturated heterocycles. The summed E-state index contributed by atoms with van der Waals surface area (Å²) in [6.45, 7) is 2.38. The van der Waals surface area contributed by atoms with Gasteiger partial charge in [-0.25, -0.2) is 0 Å². The van der Waals surface area contributed by atoms with E-state index in [0.717, 1.165) is 39.4 Å². The Hall–Kier alpha value is -4.67. The molecule has 47 heavy (non-hydrogen) atoms. The van der Waals surface area contributed by atoms with Crippen LogP contribution in [0.2, 0.25) is 0 Å². The number of aryl methyl sites for hydroxylation is 1. The summed E-state index contributed by atoms with van der Waals surface area (Å²) >= 11 is 1.68. The third kappa shape index (κ3) is 6.89. The first-order valence-electron chi connectivity index (χ1n) is 16.8. The van der Waals surface area contributed by atoms with Crippen LogP contribution in [-0.2, 0) is 20.1 Å². The second kappa shape index (κ2) is 14.4. The molecule has 0 unspecified atom stereocenters. The Morgan fingerprint density at radius 3 is 2.28 bits per heavy atom. The van der Waals surface area contributed by atoms with Gasteiger partial charge in [0.25, 0.3) is 0 Å². The Morgan fingerprint density at radius 2 is 1.55 bits per heavy atom. The molecule has 8 rings (SSSR count). The van der Waals surface area contributed by atoms with Gasteiger partial charge in [0, 0.05) is 36.1 Å². The predicted octanol–water partition coefficient (Wildman–Crippen LogP) is 11.4. The average molecular weight is 807 g/mol. The summed E-state index contributed by atoms with van der Waals surface area (Å²) < 4.78 is 25.2. The van der Waals surface area contributed by atoms with Crippen LogP contribution in [0.3, 0.4) is 0 Å². The van der Waals surface area contributed by atoms with Crippen molar-refractivity contribution in [3.8, 4) is 39.5 Å². The van der Waals surface area contributed by atoms with Gasteiger partial charge in [-0.1, -0.05) is 114 Å². The van der Waals surface area contributed by atoms with Crippen molar-refractivity contribution in [1.82, 2.24) is 14.5 Å². The van der Waals surface area contributed by atoms with Crippen LogP contribution in [0.25, 0.3) is 60.6 Å². The minimum Gasteiger partial charge on any atom is -0.333 e. The van der Waals surface area contributed by atoms with Crippen LogP contribution in [0.1, 0.15) is 35.0 Å². The van der Waals surface area contributed by atoms with E-state index in [1.54, 1.807) is 29.5 Å². The molecule has 1 radical (unpaired) electrons. The maximum Gasteiger partial charge on any atom is 0.0774 e. The van der Waals surface area contributed by atoms with Gasteiger partial charge >= 0.3 is 0 Å². The second-order valence-electron chi connectivity index (χ2n) is 11.4. The van der Waals surface area contributed by atoms with Crippen molar-refractivity contribution < 1.29 is 24.2 Å². The van der Waals surface area contributed by atoms with Crippen molar-refractivity contribution in [3.05, 3.63) is 162 Å². The summed E-state index contributed by atoms with van der Waals surface area (Å²) in [4.78, 5) is 9.18. The standard InChI is InChI=1S/C30H23N2S.C12H10N.Ir/c1-20(2)23-14-17-25-26(19-33-29(25)18-23)30-31-27-10-6-7-11-28(27)32(30)24-15-12-22(13-16-24)21-8-4-3-5-9-21;1-10-7-8-12(13-9-10)11-5-3-2-4-6-11;/h3-18,20H,1-2H3;2-5,7-9H,1H3;/q2*-1;/i;1D3;. The van der Waals surface area contributed by atoms with Crippen LogP contribution in [0.4, 0.5) is 0 Å². The molecule has 233 valence electrons. The monoisotopic (exact) mass is 807 g/mol. The van der Waals surface area contributed by atoms with Crippen molar-refractivity contribution in [3.63, 3.8) is 0 Å². The molecule has 0 aliphatic rings. The maximum atomic E-state index is 7.23. The minimum absolute atomic E-state index is 0. The van der Waals surface area contributed by atoms with Crippen molar-refractivity contribution in [2.75, 3.05) is 0 Å². The summed E-state index contributed by atoms with van der Waals surface area (Å²) in [5, 5.41) is 4.77. The van der Waals surface area contributed by atoms with Gasteiger partial charge in [0.15, 0.2) is 0 Å². The SMILES string of the molecule is CC(C)c1ccc2c(-c3nc4ccccc4n3-c3ccc(-c4ccccc4)cc3)[c-]sc2c1.[2H]C([2H])([2H])c1ccc(-c2[c-]cccc2)nc1.[Ir]. The van der Waals surface area contributed by atoms with E-state index in [2.05, 4.69) is 120 Å². The average Bonchev–Trinajstić information content (AvgIpc) is 3.74. The predicted molar refractivity (Wildman–Crippen MR) is 193 cm³/mol. The first kappa shape index (κ1) is 28.5. The largest absolute Gasteiger partial charge is 0.333 e. The molecule has 3 heterocycles. The van der Waals surface area contributed by atoms with Crippen LogP contribution in [-0.4, -0.2) is 14.5 Å². The molecule has 3 aromatic heterocycles. The summed E-state index contributed by atoms with van der Waals surface area (Å²) in [7, 11) is 0. The van der Waals surface area contributed by atoms with Crippen LogP contribution in [0.15, 0.2) is 140 Å². The maximum absolute atomic E-state index is 7.23. The molecule has 0 aliphatic heterocycles. The fourth-order valence-corrected chi connectivity index (χ4v) is 6.40. The fraction of sp³-hybridized carbons (Fsp3) is 0.0952. The molecule has 0 bridgehead atoms. The number of thiophene rings is 1. The zero-order valence-corrected chi connectivity index (χ0v) is 29.2. The van der Waals surface area contributed by atoms with E-state index in [4.69, 9.17) is 9.10 Å². The van der Waals surface area contributed by atoms with Gasteiger partial charge < -0.3 is 9.55 Å². The molecule has 0 fully saturated rings. The number of hydrogen-bond donors (Lipinski definition) is 0. The molecular formula is C42H33IrN3S-2. The normalized spacial score (nSPS) is 12.1. The Kier molecular flexibility index (Phi) is 8.74. The number of nitrogens with zero attached hydrogens (tertiary/aromatic N) is 3. The van der Waals surface area contributed by atoms with Crippen LogP contribution in [0.5, 0.6) is 0 Å². The van der Waals surface area contributed by atoms with E-state index in [1.165, 1.54) is 33.0 Å². The van der Waals surface area contributed by atoms with E-state index in [1.807, 2.05) is 30.3 Å². The van der Waals surface area contributed by atoms with E-state index in [-0.39, 0.29) is 25.7 Å². The zero-order chi connectivity index (χ0) is 34.0. The number of pyridine rings is 1. The molecule has 8 aromatic rings. The molecule has 0 aliphatic carbocycles. The molecule has 0 amide bonds. The molecule has 3 nitrogen and oxygen atoms in total. The number of fused-ring (bicyclic) bond motifs is 2. The number of aromatic nitrogens is 3. The van der Waals surface area contributed by atoms with E-state index in [0.29, 0.717) is 5.92 Å². The molecule has 0 atom stereocenters. The van der Waals surface area contributed by atoms with Crippen LogP contribution >= 0.6 is 11.3 Å². The van der Waals surface area contributed by atoms with Gasteiger partial charge in [0.1, 0.15) is 0 Å². The molecular weight excluding hydrogens is 771 g/mol. The van der Waals surface area contributed by atoms with Gasteiger partial charge in [-0.3, -0.25) is 16.3 Å². The quantitative estimate of drug-likeness (QED) is 0.162. The van der Waals surface area contributed by atoms with Crippen molar-refractivity contribution in [2.24, 2.45) is 0 Å². The summed E-state index contributed by atoms with van der Waals surface area (Å²) in [6.07, 6.45) is 1.39. The smallest absolute Gasteiger partial charge is 0.0774 e. The van der Waals surface area contributed by atoms with Crippen molar-refractivity contribution >= 4 is 32.5 Å². The summed E-state index contributed by atoms with van der Waals surface area (Å²) in [5.74, 6) is 1.44. The third-order valence-corrected chi connectivity index (χ3v) is 8.83. The molecule has 5 heteroatoms. The molecule has 5 aromatic carbocycles. The first-order chi connectivity index (χ1) is 23.8. The number of rotatable bonds is 5. The second-order valence-corrected chi connectivity index (χ2v) is 12.2. The topological polar surface area (TPSA) is 30.7 Å². The van der Waals surface area contributed by atoms with Gasteiger partial charge in [-0.2, -0.15) is 0 Å². The minimum atomic E-state index is -2.09. The van der Waals surface area contributed by atoms with Gasteiger partial charge in [0.05, 0.1) is 16.9 Å². The number of hydrogen-bond acceptors (Lipinski definition) is 3. The van der Waals surface area contributed by atoms with Crippen molar-refractivity contribution in [2.45, 2.75) is 26.6 Å². The summed E-state index contributed by atoms with van der Waals surface area (Å²) in [5.41, 5.74) is 9.89. The molecule has 0 saturated carbocycles. The Morgan fingerprint density at radius 1 is 0.787 bits per heavy atom. The van der Waals surface area contributed by atoms with Gasteiger partial charge in [-0.15, -0.1) is 47.3 Å². The first-order valence-corrected chi connectivity index (χ1v) is 16.1. The van der Waals surface area contributed by atoms with Crippen LogP contribution in [0, 0.1) is 18.3 Å². The number of benzene rings is 5. The van der Waals surface area contributed by atoms with E-state index < -0.39 is 6.85 Å². The Balaban J connectivity index is 0.000000215. The zero-order valence-electron chi connectivity index (χ0n) is 28.9. The molecule has 0 N–H and O–H groups in total. The Bertz CT molecular complexity index is 2330. The Labute approximate surface area is 298 Å². The summed E-state index contributed by atoms with van der Waals surface area (Å²) in [6, 6.07) is 48.1. The third-order valence-electron chi connectivity index (χ3n) is 7.97. The van der Waals surface area contributed by atoms with E-state index in [9.17, 15) is 0 Å². The van der Waals surface area contributed by atoms with Crippen LogP contribution < -0.4 is 0 Å². The van der Waals surface area contributed by atoms with E-state index >= 15 is 0 Å². The number of para-hydroxylation sites is 2. The van der Waals surface area contributed by atoms with Crippen molar-refractivity contribution in [1.29, 1.82) is 0 Å². The molecule has 0 spiro atoms. The van der Waals surface area contributed by atoms with Gasteiger partial charge in [-0.05, 0) is 59.4 Å². The fourth-order valence-electron chi connectivity index (χ4n) is 5.51.